The lowest BCUT2D eigenvalue weighted by molar-refractivity contribution is 0.307. The third-order valence-electron chi connectivity index (χ3n) is 6.63. The van der Waals surface area contributed by atoms with Gasteiger partial charge in [0.25, 0.3) is 0 Å². The predicted molar refractivity (Wildman–Crippen MR) is 134 cm³/mol. The van der Waals surface area contributed by atoms with Crippen molar-refractivity contribution in [3.8, 4) is 5.75 Å². The molecular formula is C27H25N7O. The topological polar surface area (TPSA) is 94.4 Å². The van der Waals surface area contributed by atoms with Crippen LogP contribution < -0.4 is 4.74 Å². The maximum atomic E-state index is 6.36. The first-order chi connectivity index (χ1) is 17.1. The number of allylic oxidation sites excluding steroid dienone is 1. The van der Waals surface area contributed by atoms with Crippen molar-refractivity contribution in [3.05, 3.63) is 94.2 Å². The summed E-state index contributed by atoms with van der Waals surface area (Å²) in [4.78, 5) is 9.50. The number of ether oxygens (including phenoxy) is 1. The Morgan fingerprint density at radius 1 is 1.11 bits per heavy atom. The summed E-state index contributed by atoms with van der Waals surface area (Å²) < 4.78 is 8.57. The molecule has 0 unspecified atom stereocenters. The number of aryl methyl sites for hydroxylation is 2. The van der Waals surface area contributed by atoms with E-state index in [1.54, 1.807) is 0 Å². The summed E-state index contributed by atoms with van der Waals surface area (Å²) >= 11 is 0. The molecule has 0 spiro atoms. The molecular weight excluding hydrogens is 438 g/mol. The summed E-state index contributed by atoms with van der Waals surface area (Å²) in [5, 5.41) is 14.6. The van der Waals surface area contributed by atoms with Gasteiger partial charge in [-0.3, -0.25) is 0 Å². The second kappa shape index (κ2) is 8.47. The maximum Gasteiger partial charge on any atom is 0.175 e. The van der Waals surface area contributed by atoms with Gasteiger partial charge in [0, 0.05) is 23.8 Å². The summed E-state index contributed by atoms with van der Waals surface area (Å²) in [5.41, 5.74) is 9.46. The minimum Gasteiger partial charge on any atom is -0.488 e. The molecule has 0 fully saturated rings. The van der Waals surface area contributed by atoms with Gasteiger partial charge in [-0.2, -0.15) is 0 Å². The van der Waals surface area contributed by atoms with Crippen LogP contribution in [0.1, 0.15) is 53.3 Å². The number of fused-ring (bicyclic) bond motifs is 3. The quantitative estimate of drug-likeness (QED) is 0.414. The van der Waals surface area contributed by atoms with E-state index in [0.29, 0.717) is 19.0 Å². The number of rotatable bonds is 4. The fraction of sp³-hybridized carbons (Fsp3) is 0.222. The predicted octanol–water partition coefficient (Wildman–Crippen LogP) is 4.73. The van der Waals surface area contributed by atoms with E-state index in [2.05, 4.69) is 80.4 Å². The van der Waals surface area contributed by atoms with Crippen LogP contribution in [0.2, 0.25) is 0 Å². The number of aromatic nitrogens is 7. The average Bonchev–Trinajstić information content (AvgIpc) is 3.50. The number of aromatic amines is 1. The number of benzene rings is 2. The first-order valence-corrected chi connectivity index (χ1v) is 11.7. The van der Waals surface area contributed by atoms with E-state index in [0.717, 1.165) is 68.1 Å². The lowest BCUT2D eigenvalue weighted by atomic mass is 9.90. The van der Waals surface area contributed by atoms with E-state index >= 15 is 0 Å². The maximum absolute atomic E-state index is 6.36. The molecule has 2 aromatic carbocycles. The third kappa shape index (κ3) is 3.58. The lowest BCUT2D eigenvalue weighted by Gasteiger charge is -2.15. The van der Waals surface area contributed by atoms with Gasteiger partial charge in [0.05, 0.1) is 6.54 Å². The molecule has 8 heteroatoms. The Bertz CT molecular complexity index is 1580. The van der Waals surface area contributed by atoms with Crippen LogP contribution in [0.25, 0.3) is 22.3 Å². The van der Waals surface area contributed by atoms with Crippen LogP contribution in [0.5, 0.6) is 5.75 Å². The minimum absolute atomic E-state index is 0.493. The van der Waals surface area contributed by atoms with E-state index in [1.807, 2.05) is 25.3 Å². The summed E-state index contributed by atoms with van der Waals surface area (Å²) in [5.74, 6) is 2.51. The van der Waals surface area contributed by atoms with Crippen molar-refractivity contribution in [2.45, 2.75) is 40.3 Å². The standard InChI is InChI=1S/C27H25N7O/c1-4-23-29-25-16(2)11-12-28-27(25)34(23)14-18-9-10-21-22(13-18)35-15-19-7-5-6-8-20(19)24(21)17(3)26-30-32-33-31-26/h5-13H,4,14-15H2,1-3H3,(H,30,31,32,33)/b24-17+. The molecule has 5 aromatic rings. The summed E-state index contributed by atoms with van der Waals surface area (Å²) in [6, 6.07) is 16.8. The molecule has 3 aromatic heterocycles. The van der Waals surface area contributed by atoms with Crippen molar-refractivity contribution >= 4 is 22.3 Å². The number of hydrogen-bond donors (Lipinski definition) is 1. The number of hydrogen-bond acceptors (Lipinski definition) is 6. The highest BCUT2D eigenvalue weighted by Crippen LogP contribution is 2.41. The number of H-pyrrole nitrogens is 1. The first kappa shape index (κ1) is 21.2. The molecule has 0 amide bonds. The molecule has 0 atom stereocenters. The zero-order chi connectivity index (χ0) is 23.9. The molecule has 1 N–H and O–H groups in total. The van der Waals surface area contributed by atoms with Crippen LogP contribution >= 0.6 is 0 Å². The Balaban J connectivity index is 1.48. The van der Waals surface area contributed by atoms with Gasteiger partial charge >= 0.3 is 0 Å². The van der Waals surface area contributed by atoms with Gasteiger partial charge in [0.1, 0.15) is 23.7 Å². The highest BCUT2D eigenvalue weighted by molar-refractivity contribution is 5.99. The van der Waals surface area contributed by atoms with E-state index in [-0.39, 0.29) is 0 Å². The van der Waals surface area contributed by atoms with Crippen molar-refractivity contribution in [3.63, 3.8) is 0 Å². The third-order valence-corrected chi connectivity index (χ3v) is 6.63. The second-order valence-corrected chi connectivity index (χ2v) is 8.79. The fourth-order valence-electron chi connectivity index (χ4n) is 4.82. The Kier molecular flexibility index (Phi) is 5.13. The van der Waals surface area contributed by atoms with Crippen molar-refractivity contribution in [1.29, 1.82) is 0 Å². The molecule has 0 aliphatic carbocycles. The number of nitrogens with zero attached hydrogens (tertiary/aromatic N) is 6. The summed E-state index contributed by atoms with van der Waals surface area (Å²) in [6.07, 6.45) is 2.69. The molecule has 35 heavy (non-hydrogen) atoms. The van der Waals surface area contributed by atoms with Crippen LogP contribution in [0.4, 0.5) is 0 Å². The molecule has 0 saturated heterocycles. The highest BCUT2D eigenvalue weighted by Gasteiger charge is 2.23. The smallest absolute Gasteiger partial charge is 0.175 e. The van der Waals surface area contributed by atoms with Crippen LogP contribution in [0, 0.1) is 6.92 Å². The van der Waals surface area contributed by atoms with Gasteiger partial charge in [-0.1, -0.05) is 43.3 Å². The summed E-state index contributed by atoms with van der Waals surface area (Å²) in [7, 11) is 0. The van der Waals surface area contributed by atoms with Crippen LogP contribution in [-0.4, -0.2) is 35.2 Å². The number of tetrazole rings is 1. The number of pyridine rings is 1. The molecule has 0 radical (unpaired) electrons. The normalized spacial score (nSPS) is 14.3. The van der Waals surface area contributed by atoms with Gasteiger partial charge in [0.2, 0.25) is 0 Å². The molecule has 8 nitrogen and oxygen atoms in total. The lowest BCUT2D eigenvalue weighted by Crippen LogP contribution is -2.06. The van der Waals surface area contributed by atoms with Crippen LogP contribution in [0.3, 0.4) is 0 Å². The number of imidazole rings is 1. The summed E-state index contributed by atoms with van der Waals surface area (Å²) in [6.45, 7) is 7.41. The molecule has 6 rings (SSSR count). The molecule has 4 heterocycles. The average molecular weight is 464 g/mol. The van der Waals surface area contributed by atoms with Crippen molar-refractivity contribution in [2.75, 3.05) is 0 Å². The van der Waals surface area contributed by atoms with Crippen LogP contribution in [0.15, 0.2) is 54.7 Å². The van der Waals surface area contributed by atoms with E-state index in [9.17, 15) is 0 Å². The molecule has 0 saturated carbocycles. The zero-order valence-corrected chi connectivity index (χ0v) is 19.9. The molecule has 174 valence electrons. The van der Waals surface area contributed by atoms with Gasteiger partial charge in [-0.25, -0.2) is 15.1 Å². The molecule has 0 bridgehead atoms. The van der Waals surface area contributed by atoms with Crippen molar-refractivity contribution in [2.24, 2.45) is 0 Å². The number of nitrogens with one attached hydrogen (secondary N) is 1. The Labute approximate surface area is 202 Å². The zero-order valence-electron chi connectivity index (χ0n) is 19.9. The first-order valence-electron chi connectivity index (χ1n) is 11.7. The fourth-order valence-corrected chi connectivity index (χ4v) is 4.82. The largest absolute Gasteiger partial charge is 0.488 e. The molecule has 1 aliphatic heterocycles. The monoisotopic (exact) mass is 463 g/mol. The van der Waals surface area contributed by atoms with Crippen molar-refractivity contribution < 1.29 is 4.74 Å². The SMILES string of the molecule is CCc1nc2c(C)ccnc2n1Cc1ccc2c(c1)OCc1ccccc1/C2=C(/C)c1nnn[nH]1. The minimum atomic E-state index is 0.493. The Hall–Kier alpha value is -4.33. The van der Waals surface area contributed by atoms with Gasteiger partial charge < -0.3 is 9.30 Å². The molecule has 1 aliphatic rings. The van der Waals surface area contributed by atoms with Gasteiger partial charge in [-0.15, -0.1) is 5.10 Å². The van der Waals surface area contributed by atoms with Crippen molar-refractivity contribution in [1.82, 2.24) is 35.2 Å². The van der Waals surface area contributed by atoms with E-state index < -0.39 is 0 Å². The van der Waals surface area contributed by atoms with Gasteiger partial charge in [0.15, 0.2) is 11.5 Å². The van der Waals surface area contributed by atoms with Crippen LogP contribution in [-0.2, 0) is 19.6 Å². The van der Waals surface area contributed by atoms with E-state index in [1.165, 1.54) is 0 Å². The highest BCUT2D eigenvalue weighted by atomic mass is 16.5. The second-order valence-electron chi connectivity index (χ2n) is 8.79. The van der Waals surface area contributed by atoms with Gasteiger partial charge in [-0.05, 0) is 64.2 Å². The Morgan fingerprint density at radius 2 is 2.00 bits per heavy atom. The van der Waals surface area contributed by atoms with E-state index in [4.69, 9.17) is 9.72 Å². The Morgan fingerprint density at radius 3 is 2.83 bits per heavy atom.